The van der Waals surface area contributed by atoms with Crippen LogP contribution in [0.25, 0.3) is 11.0 Å². The standard InChI is InChI=1S/C12H9N3O3S/c13-11(16)9-10(15-14-5-6-19-15)7-3-1-2-4-8(7)18-12(9)17/h1-6,14H,(H2,13,16). The average molecular weight is 275 g/mol. The summed E-state index contributed by atoms with van der Waals surface area (Å²) < 4.78 is 6.71. The van der Waals surface area contributed by atoms with Gasteiger partial charge in [-0.3, -0.25) is 10.2 Å². The van der Waals surface area contributed by atoms with E-state index in [0.29, 0.717) is 16.7 Å². The average Bonchev–Trinajstić information content (AvgIpc) is 2.90. The summed E-state index contributed by atoms with van der Waals surface area (Å²) in [5.74, 6) is -0.816. The van der Waals surface area contributed by atoms with Crippen molar-refractivity contribution in [2.24, 2.45) is 5.73 Å². The molecule has 2 aromatic rings. The molecule has 96 valence electrons. The van der Waals surface area contributed by atoms with Crippen molar-refractivity contribution in [1.29, 1.82) is 0 Å². The molecule has 0 fully saturated rings. The van der Waals surface area contributed by atoms with Gasteiger partial charge in [0.25, 0.3) is 5.91 Å². The molecule has 1 amide bonds. The Morgan fingerprint density at radius 3 is 2.84 bits per heavy atom. The number of nitrogens with one attached hydrogen (secondary N) is 1. The van der Waals surface area contributed by atoms with Gasteiger partial charge in [-0.15, -0.1) is 0 Å². The third kappa shape index (κ3) is 1.84. The fraction of sp³-hybridized carbons (Fsp3) is 0. The first-order valence-corrected chi connectivity index (χ1v) is 6.26. The summed E-state index contributed by atoms with van der Waals surface area (Å²) in [6.45, 7) is 0. The van der Waals surface area contributed by atoms with E-state index in [1.54, 1.807) is 40.3 Å². The van der Waals surface area contributed by atoms with Crippen LogP contribution in [0.5, 0.6) is 0 Å². The summed E-state index contributed by atoms with van der Waals surface area (Å²) >= 11 is 1.30. The number of nitrogens with zero attached hydrogens (tertiary/aromatic N) is 1. The molecule has 0 atom stereocenters. The van der Waals surface area contributed by atoms with Crippen molar-refractivity contribution in [3.05, 3.63) is 51.9 Å². The number of para-hydroxylation sites is 1. The Balaban J connectivity index is 2.38. The van der Waals surface area contributed by atoms with E-state index in [4.69, 9.17) is 10.2 Å². The molecule has 0 unspecified atom stereocenters. The number of rotatable bonds is 2. The van der Waals surface area contributed by atoms with E-state index in [-0.39, 0.29) is 5.56 Å². The number of carbonyl (C=O) groups excluding carboxylic acids is 1. The highest BCUT2D eigenvalue weighted by atomic mass is 32.2. The van der Waals surface area contributed by atoms with Gasteiger partial charge in [0.15, 0.2) is 5.56 Å². The highest BCUT2D eigenvalue weighted by Crippen LogP contribution is 2.33. The van der Waals surface area contributed by atoms with Gasteiger partial charge in [0.05, 0.1) is 0 Å². The molecule has 3 N–H and O–H groups in total. The Hall–Kier alpha value is -2.41. The van der Waals surface area contributed by atoms with Crippen molar-refractivity contribution < 1.29 is 9.21 Å². The van der Waals surface area contributed by atoms with Crippen LogP contribution in [-0.2, 0) is 0 Å². The molecule has 6 nitrogen and oxygen atoms in total. The zero-order chi connectivity index (χ0) is 13.4. The van der Waals surface area contributed by atoms with Crippen molar-refractivity contribution >= 4 is 34.5 Å². The van der Waals surface area contributed by atoms with Crippen LogP contribution in [0.2, 0.25) is 0 Å². The van der Waals surface area contributed by atoms with Crippen LogP contribution >= 0.6 is 11.9 Å². The van der Waals surface area contributed by atoms with Gasteiger partial charge < -0.3 is 10.2 Å². The second-order valence-electron chi connectivity index (χ2n) is 3.81. The molecule has 0 radical (unpaired) electrons. The molecular weight excluding hydrogens is 266 g/mol. The Morgan fingerprint density at radius 2 is 2.16 bits per heavy atom. The number of nitrogens with two attached hydrogens (primary N) is 1. The van der Waals surface area contributed by atoms with Crippen LogP contribution in [0.3, 0.4) is 0 Å². The van der Waals surface area contributed by atoms with Crippen molar-refractivity contribution in [3.63, 3.8) is 0 Å². The Morgan fingerprint density at radius 1 is 1.37 bits per heavy atom. The lowest BCUT2D eigenvalue weighted by Gasteiger charge is -2.19. The zero-order valence-electron chi connectivity index (χ0n) is 9.62. The summed E-state index contributed by atoms with van der Waals surface area (Å²) in [6.07, 6.45) is 1.69. The van der Waals surface area contributed by atoms with Gasteiger partial charge in [0.1, 0.15) is 11.3 Å². The summed E-state index contributed by atoms with van der Waals surface area (Å²) in [4.78, 5) is 23.4. The maximum absolute atomic E-state index is 11.9. The maximum Gasteiger partial charge on any atom is 0.351 e. The van der Waals surface area contributed by atoms with Crippen LogP contribution < -0.4 is 21.2 Å². The SMILES string of the molecule is NC(=O)c1c(N2NC=CS2)c2ccccc2oc1=O. The molecule has 3 rings (SSSR count). The van der Waals surface area contributed by atoms with Gasteiger partial charge in [0.2, 0.25) is 0 Å². The van der Waals surface area contributed by atoms with Gasteiger partial charge >= 0.3 is 5.63 Å². The van der Waals surface area contributed by atoms with Crippen LogP contribution in [0.4, 0.5) is 5.69 Å². The molecule has 1 aromatic carbocycles. The van der Waals surface area contributed by atoms with E-state index in [2.05, 4.69) is 5.43 Å². The topological polar surface area (TPSA) is 88.6 Å². The van der Waals surface area contributed by atoms with Crippen LogP contribution in [0.1, 0.15) is 10.4 Å². The number of amides is 1. The molecule has 0 saturated carbocycles. The first kappa shape index (κ1) is 11.7. The summed E-state index contributed by atoms with van der Waals surface area (Å²) in [5, 5.41) is 2.42. The lowest BCUT2D eigenvalue weighted by atomic mass is 10.1. The first-order chi connectivity index (χ1) is 9.18. The number of hydrogen-bond acceptors (Lipinski definition) is 6. The number of anilines is 1. The predicted octanol–water partition coefficient (Wildman–Crippen LogP) is 1.34. The molecule has 19 heavy (non-hydrogen) atoms. The largest absolute Gasteiger partial charge is 0.422 e. The Kier molecular flexibility index (Phi) is 2.68. The van der Waals surface area contributed by atoms with E-state index < -0.39 is 11.5 Å². The molecule has 0 saturated heterocycles. The lowest BCUT2D eigenvalue weighted by molar-refractivity contribution is 0.0997. The van der Waals surface area contributed by atoms with E-state index >= 15 is 0 Å². The normalized spacial score (nSPS) is 13.8. The smallest absolute Gasteiger partial charge is 0.351 e. The third-order valence-electron chi connectivity index (χ3n) is 2.66. The number of hydrogen-bond donors (Lipinski definition) is 2. The lowest BCUT2D eigenvalue weighted by Crippen LogP contribution is -2.30. The Labute approximate surface area is 112 Å². The quantitative estimate of drug-likeness (QED) is 0.635. The minimum Gasteiger partial charge on any atom is -0.422 e. The van der Waals surface area contributed by atoms with Gasteiger partial charge in [-0.25, -0.2) is 9.21 Å². The van der Waals surface area contributed by atoms with Crippen molar-refractivity contribution in [2.75, 3.05) is 4.41 Å². The van der Waals surface area contributed by atoms with E-state index in [0.717, 1.165) is 0 Å². The molecule has 0 aliphatic carbocycles. The van der Waals surface area contributed by atoms with E-state index in [1.165, 1.54) is 11.9 Å². The van der Waals surface area contributed by atoms with E-state index in [9.17, 15) is 9.59 Å². The molecule has 1 aliphatic heterocycles. The zero-order valence-corrected chi connectivity index (χ0v) is 10.4. The fourth-order valence-corrected chi connectivity index (χ4v) is 2.56. The third-order valence-corrected chi connectivity index (χ3v) is 3.42. The fourth-order valence-electron chi connectivity index (χ4n) is 1.90. The summed E-state index contributed by atoms with van der Waals surface area (Å²) in [6, 6.07) is 6.98. The second-order valence-corrected chi connectivity index (χ2v) is 4.65. The minimum absolute atomic E-state index is 0.164. The summed E-state index contributed by atoms with van der Waals surface area (Å²) in [5.41, 5.74) is 8.12. The van der Waals surface area contributed by atoms with Gasteiger partial charge in [-0.2, -0.15) is 0 Å². The second kappa shape index (κ2) is 4.36. The van der Waals surface area contributed by atoms with Crippen molar-refractivity contribution in [1.82, 2.24) is 5.43 Å². The molecule has 0 bridgehead atoms. The summed E-state index contributed by atoms with van der Waals surface area (Å²) in [7, 11) is 0. The van der Waals surface area contributed by atoms with Crippen molar-refractivity contribution in [2.45, 2.75) is 0 Å². The monoisotopic (exact) mass is 275 g/mol. The number of hydrazine groups is 1. The molecular formula is C12H9N3O3S. The van der Waals surface area contributed by atoms with Gasteiger partial charge in [-0.1, -0.05) is 12.1 Å². The Bertz CT molecular complexity index is 745. The maximum atomic E-state index is 11.9. The molecule has 2 heterocycles. The van der Waals surface area contributed by atoms with Gasteiger partial charge in [-0.05, 0) is 12.1 Å². The first-order valence-electron chi connectivity index (χ1n) is 5.42. The predicted molar refractivity (Wildman–Crippen MR) is 73.3 cm³/mol. The number of primary amides is 1. The molecule has 1 aliphatic rings. The van der Waals surface area contributed by atoms with Gasteiger partial charge in [0, 0.05) is 28.9 Å². The number of carbonyl (C=O) groups is 1. The minimum atomic E-state index is -0.816. The van der Waals surface area contributed by atoms with Crippen molar-refractivity contribution in [3.8, 4) is 0 Å². The highest BCUT2D eigenvalue weighted by molar-refractivity contribution is 8.03. The van der Waals surface area contributed by atoms with Crippen LogP contribution in [-0.4, -0.2) is 5.91 Å². The molecule has 0 spiro atoms. The number of fused-ring (bicyclic) bond motifs is 1. The van der Waals surface area contributed by atoms with Crippen LogP contribution in [0, 0.1) is 0 Å². The van der Waals surface area contributed by atoms with E-state index in [1.807, 2.05) is 0 Å². The number of benzene rings is 1. The molecule has 1 aromatic heterocycles. The highest BCUT2D eigenvalue weighted by Gasteiger charge is 2.24. The van der Waals surface area contributed by atoms with Crippen LogP contribution in [0.15, 0.2) is 45.1 Å². The molecule has 7 heteroatoms.